The SMILES string of the molecule is CC(C)CCCC(C)NC(=O)CSc1nnc(-c2ccc(F)cc2)n1CCN1CCOCC1. The molecule has 33 heavy (non-hydrogen) atoms. The van der Waals surface area contributed by atoms with Gasteiger partial charge in [-0.2, -0.15) is 0 Å². The molecule has 7 nitrogen and oxygen atoms in total. The van der Waals surface area contributed by atoms with Crippen LogP contribution in [0, 0.1) is 11.7 Å². The van der Waals surface area contributed by atoms with E-state index in [2.05, 4.69) is 41.2 Å². The minimum Gasteiger partial charge on any atom is -0.379 e. The minimum absolute atomic E-state index is 0.00288. The summed E-state index contributed by atoms with van der Waals surface area (Å²) in [6.45, 7) is 11.3. The first kappa shape index (κ1) is 25.6. The number of thioether (sulfide) groups is 1. The topological polar surface area (TPSA) is 72.3 Å². The van der Waals surface area contributed by atoms with Gasteiger partial charge in [0.05, 0.1) is 19.0 Å². The maximum atomic E-state index is 13.4. The van der Waals surface area contributed by atoms with Crippen LogP contribution in [0.15, 0.2) is 29.4 Å². The van der Waals surface area contributed by atoms with Gasteiger partial charge in [-0.1, -0.05) is 38.5 Å². The third-order valence-corrected chi connectivity index (χ3v) is 6.69. The van der Waals surface area contributed by atoms with Crippen LogP contribution in [0.25, 0.3) is 11.4 Å². The molecule has 1 unspecified atom stereocenters. The summed E-state index contributed by atoms with van der Waals surface area (Å²) in [4.78, 5) is 14.8. The lowest BCUT2D eigenvalue weighted by Gasteiger charge is -2.27. The zero-order valence-electron chi connectivity index (χ0n) is 19.9. The summed E-state index contributed by atoms with van der Waals surface area (Å²) in [5.74, 6) is 1.37. The van der Waals surface area contributed by atoms with Crippen molar-refractivity contribution < 1.29 is 13.9 Å². The van der Waals surface area contributed by atoms with Crippen LogP contribution >= 0.6 is 11.8 Å². The largest absolute Gasteiger partial charge is 0.379 e. The number of ether oxygens (including phenoxy) is 1. The van der Waals surface area contributed by atoms with Gasteiger partial charge in [-0.3, -0.25) is 9.69 Å². The molecule has 0 aliphatic carbocycles. The Balaban J connectivity index is 1.62. The van der Waals surface area contributed by atoms with Gasteiger partial charge in [0.2, 0.25) is 5.91 Å². The van der Waals surface area contributed by atoms with Gasteiger partial charge in [0.15, 0.2) is 11.0 Å². The molecule has 2 aromatic rings. The Hall–Kier alpha value is -1.97. The molecule has 2 heterocycles. The molecule has 1 aromatic heterocycles. The van der Waals surface area contributed by atoms with Crippen molar-refractivity contribution in [1.29, 1.82) is 0 Å². The predicted octanol–water partition coefficient (Wildman–Crippen LogP) is 3.84. The lowest BCUT2D eigenvalue weighted by Crippen LogP contribution is -2.38. The zero-order chi connectivity index (χ0) is 23.6. The third-order valence-electron chi connectivity index (χ3n) is 5.72. The monoisotopic (exact) mass is 477 g/mol. The number of carbonyl (C=O) groups excluding carboxylic acids is 1. The predicted molar refractivity (Wildman–Crippen MR) is 130 cm³/mol. The first-order valence-electron chi connectivity index (χ1n) is 11.8. The number of nitrogens with zero attached hydrogens (tertiary/aromatic N) is 4. The van der Waals surface area contributed by atoms with Gasteiger partial charge in [0.25, 0.3) is 0 Å². The van der Waals surface area contributed by atoms with Crippen molar-refractivity contribution in [2.24, 2.45) is 5.92 Å². The second kappa shape index (κ2) is 13.1. The number of hydrogen-bond acceptors (Lipinski definition) is 6. The molecule has 3 rings (SSSR count). The van der Waals surface area contributed by atoms with E-state index in [1.165, 1.54) is 30.3 Å². The number of hydrogen-bond donors (Lipinski definition) is 1. The van der Waals surface area contributed by atoms with Crippen LogP contribution in [-0.2, 0) is 16.1 Å². The summed E-state index contributed by atoms with van der Waals surface area (Å²) in [5, 5.41) is 12.5. The van der Waals surface area contributed by atoms with Crippen molar-refractivity contribution in [1.82, 2.24) is 25.0 Å². The van der Waals surface area contributed by atoms with Gasteiger partial charge < -0.3 is 14.6 Å². The molecule has 1 fully saturated rings. The number of benzene rings is 1. The van der Waals surface area contributed by atoms with Crippen molar-refractivity contribution in [3.63, 3.8) is 0 Å². The molecule has 1 saturated heterocycles. The third kappa shape index (κ3) is 8.39. The van der Waals surface area contributed by atoms with Gasteiger partial charge in [-0.05, 0) is 43.5 Å². The molecule has 1 aliphatic rings. The molecule has 182 valence electrons. The van der Waals surface area contributed by atoms with E-state index in [9.17, 15) is 9.18 Å². The highest BCUT2D eigenvalue weighted by molar-refractivity contribution is 7.99. The first-order valence-corrected chi connectivity index (χ1v) is 12.8. The summed E-state index contributed by atoms with van der Waals surface area (Å²) < 4.78 is 20.9. The van der Waals surface area contributed by atoms with E-state index in [-0.39, 0.29) is 23.5 Å². The smallest absolute Gasteiger partial charge is 0.230 e. The van der Waals surface area contributed by atoms with Crippen LogP contribution in [0.5, 0.6) is 0 Å². The van der Waals surface area contributed by atoms with Crippen LogP contribution in [0.1, 0.15) is 40.0 Å². The summed E-state index contributed by atoms with van der Waals surface area (Å²) in [7, 11) is 0. The number of rotatable bonds is 12. The van der Waals surface area contributed by atoms with Crippen LogP contribution in [0.4, 0.5) is 4.39 Å². The van der Waals surface area contributed by atoms with Gasteiger partial charge in [-0.15, -0.1) is 10.2 Å². The quantitative estimate of drug-likeness (QED) is 0.469. The summed E-state index contributed by atoms with van der Waals surface area (Å²) in [5.41, 5.74) is 0.806. The lowest BCUT2D eigenvalue weighted by molar-refractivity contribution is -0.119. The van der Waals surface area contributed by atoms with Crippen molar-refractivity contribution in [3.05, 3.63) is 30.1 Å². The van der Waals surface area contributed by atoms with Gasteiger partial charge in [0.1, 0.15) is 5.82 Å². The molecule has 1 amide bonds. The van der Waals surface area contributed by atoms with E-state index in [0.29, 0.717) is 23.4 Å². The fraction of sp³-hybridized carbons (Fsp3) is 0.625. The lowest BCUT2D eigenvalue weighted by atomic mass is 10.0. The van der Waals surface area contributed by atoms with Crippen LogP contribution in [0.3, 0.4) is 0 Å². The molecule has 1 atom stereocenters. The minimum atomic E-state index is -0.285. The van der Waals surface area contributed by atoms with Crippen molar-refractivity contribution in [2.45, 2.75) is 57.8 Å². The Bertz CT molecular complexity index is 868. The van der Waals surface area contributed by atoms with E-state index in [4.69, 9.17) is 4.74 Å². The van der Waals surface area contributed by atoms with Crippen molar-refractivity contribution >= 4 is 17.7 Å². The van der Waals surface area contributed by atoms with E-state index in [1.54, 1.807) is 12.1 Å². The maximum Gasteiger partial charge on any atom is 0.230 e. The number of carbonyl (C=O) groups is 1. The number of nitrogens with one attached hydrogen (secondary N) is 1. The van der Waals surface area contributed by atoms with Crippen LogP contribution < -0.4 is 5.32 Å². The highest BCUT2D eigenvalue weighted by Gasteiger charge is 2.18. The second-order valence-electron chi connectivity index (χ2n) is 9.00. The number of morpholine rings is 1. The van der Waals surface area contributed by atoms with Crippen LogP contribution in [-0.4, -0.2) is 70.2 Å². The van der Waals surface area contributed by atoms with E-state index in [1.807, 2.05) is 4.57 Å². The Labute approximate surface area is 200 Å². The fourth-order valence-electron chi connectivity index (χ4n) is 3.83. The first-order chi connectivity index (χ1) is 15.9. The molecule has 0 saturated carbocycles. The van der Waals surface area contributed by atoms with E-state index < -0.39 is 0 Å². The Kier molecular flexibility index (Phi) is 10.1. The Morgan fingerprint density at radius 3 is 2.55 bits per heavy atom. The summed E-state index contributed by atoms with van der Waals surface area (Å²) in [6.07, 6.45) is 3.27. The summed E-state index contributed by atoms with van der Waals surface area (Å²) >= 11 is 1.39. The zero-order valence-corrected chi connectivity index (χ0v) is 20.7. The van der Waals surface area contributed by atoms with Gasteiger partial charge >= 0.3 is 0 Å². The molecule has 0 spiro atoms. The Morgan fingerprint density at radius 1 is 1.12 bits per heavy atom. The fourth-order valence-corrected chi connectivity index (χ4v) is 4.60. The van der Waals surface area contributed by atoms with Crippen LogP contribution in [0.2, 0.25) is 0 Å². The molecule has 1 aromatic carbocycles. The number of aromatic nitrogens is 3. The Morgan fingerprint density at radius 2 is 1.85 bits per heavy atom. The summed E-state index contributed by atoms with van der Waals surface area (Å²) in [6, 6.07) is 6.44. The van der Waals surface area contributed by atoms with Crippen molar-refractivity contribution in [3.8, 4) is 11.4 Å². The highest BCUT2D eigenvalue weighted by Crippen LogP contribution is 2.24. The molecule has 0 radical (unpaired) electrons. The number of amides is 1. The normalized spacial score (nSPS) is 15.7. The van der Waals surface area contributed by atoms with Crippen molar-refractivity contribution in [2.75, 3.05) is 38.6 Å². The molecular weight excluding hydrogens is 441 g/mol. The molecular formula is C24H36FN5O2S. The van der Waals surface area contributed by atoms with E-state index in [0.717, 1.165) is 51.3 Å². The maximum absolute atomic E-state index is 13.4. The second-order valence-corrected chi connectivity index (χ2v) is 9.94. The standard InChI is InChI=1S/C24H36FN5O2S/c1-18(2)5-4-6-19(3)26-22(31)17-33-24-28-27-23(20-7-9-21(25)10-8-20)30(24)12-11-29-13-15-32-16-14-29/h7-10,18-19H,4-6,11-17H2,1-3H3,(H,26,31). The van der Waals surface area contributed by atoms with E-state index >= 15 is 0 Å². The van der Waals surface area contributed by atoms with Gasteiger partial charge in [-0.25, -0.2) is 4.39 Å². The van der Waals surface area contributed by atoms with Gasteiger partial charge in [0, 0.05) is 37.8 Å². The number of halogens is 1. The highest BCUT2D eigenvalue weighted by atomic mass is 32.2. The average molecular weight is 478 g/mol. The molecule has 0 bridgehead atoms. The average Bonchev–Trinajstić information content (AvgIpc) is 3.20. The molecule has 9 heteroatoms. The molecule has 1 N–H and O–H groups in total. The molecule has 1 aliphatic heterocycles.